The molecule has 88 heavy (non-hydrogen) atoms. The predicted molar refractivity (Wildman–Crippen MR) is 360 cm³/mol. The van der Waals surface area contributed by atoms with Crippen molar-refractivity contribution < 1.29 is 64.6 Å². The summed E-state index contributed by atoms with van der Waals surface area (Å²) in [5.41, 5.74) is 0. The third-order valence-electron chi connectivity index (χ3n) is 17.4. The molecule has 0 spiro atoms. The van der Waals surface area contributed by atoms with Crippen LogP contribution < -0.4 is 5.32 Å². The monoisotopic (exact) mass is 1240 g/mol. The molecule has 2 aliphatic heterocycles. The van der Waals surface area contributed by atoms with Crippen molar-refractivity contribution in [2.75, 3.05) is 19.8 Å². The standard InChI is InChI=1S/C74H133NO13/c1-3-5-7-9-11-13-15-17-19-21-23-25-26-27-28-29-30-31-32-33-34-35-36-38-40-42-44-46-48-50-52-54-56-58-66(79)75-62(63(78)57-55-53-51-49-47-45-43-41-39-37-24-22-20-18-16-14-12-10-8-6-4-2)61-85-73-71(84)69(82)72(65(60-77)87-73)88-74-70(83)68(81)67(80)64(59-76)86-74/h5,7,11,13,17,19,23,25,47,49,55,57,62-65,67-74,76-78,80-84H,3-4,6,8-10,12,14-16,18,20-22,24,26-46,48,50-54,56,58-61H2,1-2H3,(H,75,79)/b7-5-,13-11-,19-17-,25-23-,49-47+,57-55+. The van der Waals surface area contributed by atoms with Crippen molar-refractivity contribution in [3.63, 3.8) is 0 Å². The molecule has 2 rings (SSSR count). The highest BCUT2D eigenvalue weighted by molar-refractivity contribution is 5.76. The molecule has 12 atom stereocenters. The number of aliphatic hydroxyl groups is 8. The fourth-order valence-electron chi connectivity index (χ4n) is 11.7. The number of ether oxygens (including phenoxy) is 4. The Morgan fingerprint density at radius 2 is 0.795 bits per heavy atom. The van der Waals surface area contributed by atoms with E-state index < -0.39 is 86.8 Å². The number of nitrogens with one attached hydrogen (secondary N) is 1. The van der Waals surface area contributed by atoms with Gasteiger partial charge in [0.05, 0.1) is 32.0 Å². The van der Waals surface area contributed by atoms with Gasteiger partial charge in [-0.15, -0.1) is 0 Å². The minimum atomic E-state index is -1.79. The van der Waals surface area contributed by atoms with Crippen molar-refractivity contribution in [1.29, 1.82) is 0 Å². The zero-order valence-corrected chi connectivity index (χ0v) is 55.7. The van der Waals surface area contributed by atoms with Gasteiger partial charge in [0.15, 0.2) is 12.6 Å². The van der Waals surface area contributed by atoms with Crippen LogP contribution in [0.15, 0.2) is 72.9 Å². The van der Waals surface area contributed by atoms with Gasteiger partial charge < -0.3 is 65.1 Å². The van der Waals surface area contributed by atoms with Crippen LogP contribution in [0.2, 0.25) is 0 Å². The normalized spacial score (nSPS) is 23.6. The Kier molecular flexibility index (Phi) is 54.0. The van der Waals surface area contributed by atoms with Crippen molar-refractivity contribution in [3.8, 4) is 0 Å². The van der Waals surface area contributed by atoms with Crippen LogP contribution in [0.3, 0.4) is 0 Å². The molecule has 12 unspecified atom stereocenters. The maximum absolute atomic E-state index is 13.3. The van der Waals surface area contributed by atoms with Crippen LogP contribution in [0.25, 0.3) is 0 Å². The van der Waals surface area contributed by atoms with Crippen molar-refractivity contribution in [2.24, 2.45) is 0 Å². The van der Waals surface area contributed by atoms with Crippen LogP contribution >= 0.6 is 0 Å². The van der Waals surface area contributed by atoms with E-state index in [1.807, 2.05) is 6.08 Å². The van der Waals surface area contributed by atoms with Crippen molar-refractivity contribution in [1.82, 2.24) is 5.32 Å². The molecular formula is C74H133NO13. The smallest absolute Gasteiger partial charge is 0.220 e. The summed E-state index contributed by atoms with van der Waals surface area (Å²) >= 11 is 0. The highest BCUT2D eigenvalue weighted by Crippen LogP contribution is 2.30. The number of hydrogen-bond acceptors (Lipinski definition) is 13. The summed E-state index contributed by atoms with van der Waals surface area (Å²) in [5, 5.41) is 87.4. The number of carbonyl (C=O) groups is 1. The lowest BCUT2D eigenvalue weighted by atomic mass is 9.97. The zero-order chi connectivity index (χ0) is 63.8. The van der Waals surface area contributed by atoms with E-state index in [9.17, 15) is 45.6 Å². The SMILES string of the molecule is CC/C=C\C/C=C\C/C=C\C/C=C\CCCCCCCCCCCCCCCCCCCCCCC(=O)NC(COC1OC(CO)C(OC2OC(CO)C(O)C(O)C2O)C(O)C1O)C(O)/C=C/CC/C=C/CCCCCCCCCCCCCCCCC. The molecule has 1 amide bonds. The summed E-state index contributed by atoms with van der Waals surface area (Å²) in [7, 11) is 0. The molecule has 0 radical (unpaired) electrons. The topological polar surface area (TPSA) is 228 Å². The van der Waals surface area contributed by atoms with Crippen LogP contribution in [0.5, 0.6) is 0 Å². The molecule has 2 heterocycles. The van der Waals surface area contributed by atoms with E-state index in [0.29, 0.717) is 12.8 Å². The first-order valence-electron chi connectivity index (χ1n) is 36.2. The maximum atomic E-state index is 13.3. The van der Waals surface area contributed by atoms with E-state index in [1.54, 1.807) is 6.08 Å². The molecule has 0 aromatic rings. The fourth-order valence-corrected chi connectivity index (χ4v) is 11.7. The zero-order valence-electron chi connectivity index (χ0n) is 55.7. The molecule has 2 saturated heterocycles. The second kappa shape index (κ2) is 58.3. The van der Waals surface area contributed by atoms with Gasteiger partial charge >= 0.3 is 0 Å². The van der Waals surface area contributed by atoms with E-state index in [0.717, 1.165) is 57.8 Å². The molecule has 9 N–H and O–H groups in total. The Bertz CT molecular complexity index is 1750. The minimum Gasteiger partial charge on any atom is -0.394 e. The second-order valence-electron chi connectivity index (χ2n) is 25.3. The molecule has 2 fully saturated rings. The molecule has 14 heteroatoms. The predicted octanol–water partition coefficient (Wildman–Crippen LogP) is 15.0. The summed E-state index contributed by atoms with van der Waals surface area (Å²) in [6.07, 6.45) is 62.5. The van der Waals surface area contributed by atoms with Gasteiger partial charge in [-0.1, -0.05) is 292 Å². The molecular weight excluding hydrogens is 1110 g/mol. The third kappa shape index (κ3) is 41.8. The second-order valence-corrected chi connectivity index (χ2v) is 25.3. The Hall–Kier alpha value is -2.57. The lowest BCUT2D eigenvalue weighted by molar-refractivity contribution is -0.359. The number of hydrogen-bond donors (Lipinski definition) is 9. The Morgan fingerprint density at radius 3 is 1.25 bits per heavy atom. The Balaban J connectivity index is 1.65. The van der Waals surface area contributed by atoms with Crippen LogP contribution in [-0.4, -0.2) is 140 Å². The number of carbonyl (C=O) groups excluding carboxylic acids is 1. The lowest BCUT2D eigenvalue weighted by Gasteiger charge is -2.46. The average molecular weight is 1240 g/mol. The van der Waals surface area contributed by atoms with E-state index in [1.165, 1.54) is 205 Å². The van der Waals surface area contributed by atoms with Crippen LogP contribution in [0.4, 0.5) is 0 Å². The summed E-state index contributed by atoms with van der Waals surface area (Å²) in [6, 6.07) is -0.934. The van der Waals surface area contributed by atoms with E-state index in [2.05, 4.69) is 79.9 Å². The number of aliphatic hydroxyl groups excluding tert-OH is 8. The minimum absolute atomic E-state index is 0.246. The van der Waals surface area contributed by atoms with Crippen LogP contribution in [-0.2, 0) is 23.7 Å². The highest BCUT2D eigenvalue weighted by Gasteiger charge is 2.51. The average Bonchev–Trinajstić information content (AvgIpc) is 2.07. The van der Waals surface area contributed by atoms with Crippen molar-refractivity contribution in [2.45, 2.75) is 370 Å². The third-order valence-corrected chi connectivity index (χ3v) is 17.4. The summed E-state index contributed by atoms with van der Waals surface area (Å²) in [6.45, 7) is 2.70. The number of unbranched alkanes of at least 4 members (excludes halogenated alkanes) is 36. The van der Waals surface area contributed by atoms with Crippen LogP contribution in [0.1, 0.15) is 296 Å². The fraction of sp³-hybridized carbons (Fsp3) is 0.824. The quantitative estimate of drug-likeness (QED) is 0.0204. The number of amides is 1. The Labute approximate surface area is 536 Å². The van der Waals surface area contributed by atoms with E-state index in [4.69, 9.17) is 18.9 Å². The molecule has 512 valence electrons. The molecule has 0 bridgehead atoms. The number of allylic oxidation sites excluding steroid dienone is 11. The van der Waals surface area contributed by atoms with Gasteiger partial charge in [-0.05, 0) is 70.6 Å². The van der Waals surface area contributed by atoms with Crippen molar-refractivity contribution >= 4 is 5.91 Å². The number of rotatable bonds is 59. The first-order valence-corrected chi connectivity index (χ1v) is 36.2. The molecule has 0 saturated carbocycles. The molecule has 2 aliphatic rings. The largest absolute Gasteiger partial charge is 0.394 e. The van der Waals surface area contributed by atoms with E-state index >= 15 is 0 Å². The van der Waals surface area contributed by atoms with Crippen molar-refractivity contribution in [3.05, 3.63) is 72.9 Å². The maximum Gasteiger partial charge on any atom is 0.220 e. The summed E-state index contributed by atoms with van der Waals surface area (Å²) in [4.78, 5) is 13.3. The summed E-state index contributed by atoms with van der Waals surface area (Å²) in [5.74, 6) is -0.246. The molecule has 14 nitrogen and oxygen atoms in total. The summed E-state index contributed by atoms with van der Waals surface area (Å²) < 4.78 is 22.8. The molecule has 0 aliphatic carbocycles. The highest BCUT2D eigenvalue weighted by atomic mass is 16.7. The first kappa shape index (κ1) is 81.5. The van der Waals surface area contributed by atoms with Gasteiger partial charge in [0.25, 0.3) is 0 Å². The molecule has 0 aromatic heterocycles. The van der Waals surface area contributed by atoms with E-state index in [-0.39, 0.29) is 18.9 Å². The lowest BCUT2D eigenvalue weighted by Crippen LogP contribution is -2.65. The van der Waals surface area contributed by atoms with Crippen LogP contribution in [0, 0.1) is 0 Å². The van der Waals surface area contributed by atoms with Gasteiger partial charge in [-0.3, -0.25) is 4.79 Å². The van der Waals surface area contributed by atoms with Gasteiger partial charge in [-0.2, -0.15) is 0 Å². The Morgan fingerprint density at radius 1 is 0.420 bits per heavy atom. The first-order chi connectivity index (χ1) is 43.1. The van der Waals surface area contributed by atoms with Gasteiger partial charge in [0.1, 0.15) is 48.8 Å². The van der Waals surface area contributed by atoms with Gasteiger partial charge in [0, 0.05) is 6.42 Å². The van der Waals surface area contributed by atoms with Gasteiger partial charge in [0.2, 0.25) is 5.91 Å². The molecule has 0 aromatic carbocycles. The van der Waals surface area contributed by atoms with Gasteiger partial charge in [-0.25, -0.2) is 0 Å².